The molecule has 1 saturated heterocycles. The van der Waals surface area contributed by atoms with Gasteiger partial charge in [-0.1, -0.05) is 58.0 Å². The van der Waals surface area contributed by atoms with E-state index in [1.807, 2.05) is 6.92 Å². The Balaban J connectivity index is 1.57. The Morgan fingerprint density at radius 3 is 2.38 bits per heavy atom. The first-order valence-electron chi connectivity index (χ1n) is 12.6. The average Bonchev–Trinajstić information content (AvgIpc) is 2.78. The molecule has 0 amide bonds. The van der Waals surface area contributed by atoms with Gasteiger partial charge in [0, 0.05) is 5.92 Å². The number of benzene rings is 1. The van der Waals surface area contributed by atoms with Gasteiger partial charge in [-0.3, -0.25) is 0 Å². The molecule has 178 valence electrons. The molecule has 3 rings (SSSR count). The van der Waals surface area contributed by atoms with E-state index >= 15 is 0 Å². The Morgan fingerprint density at radius 2 is 1.72 bits per heavy atom. The van der Waals surface area contributed by atoms with Crippen LogP contribution in [0.15, 0.2) is 35.7 Å². The maximum absolute atomic E-state index is 5.84. The molecule has 4 nitrogen and oxygen atoms in total. The summed E-state index contributed by atoms with van der Waals surface area (Å²) in [6.07, 6.45) is 8.27. The number of piperidine rings is 1. The lowest BCUT2D eigenvalue weighted by molar-refractivity contribution is 0.133. The quantitative estimate of drug-likeness (QED) is 0.218. The fraction of sp³-hybridized carbons (Fsp3) is 0.679. The largest absolute Gasteiger partial charge is 0.362 e. The summed E-state index contributed by atoms with van der Waals surface area (Å²) in [5.41, 5.74) is 11.0. The molecule has 0 saturated carbocycles. The van der Waals surface area contributed by atoms with Gasteiger partial charge in [0.25, 0.3) is 0 Å². The zero-order valence-electron chi connectivity index (χ0n) is 21.2. The molecular weight excluding hydrogens is 394 g/mol. The zero-order valence-corrected chi connectivity index (χ0v) is 21.2. The van der Waals surface area contributed by atoms with Crippen molar-refractivity contribution in [1.29, 1.82) is 0 Å². The number of unbranched alkanes of at least 4 members (excludes halogenated alkanes) is 2. The summed E-state index contributed by atoms with van der Waals surface area (Å²) < 4.78 is 0. The number of rotatable bonds is 9. The molecule has 0 unspecified atom stereocenters. The Hall–Kier alpha value is -1.65. The minimum Gasteiger partial charge on any atom is -0.362 e. The summed E-state index contributed by atoms with van der Waals surface area (Å²) in [5, 5.41) is 4.48. The van der Waals surface area contributed by atoms with Crippen LogP contribution < -0.4 is 5.73 Å². The molecular formula is C28H45N3O. The Labute approximate surface area is 196 Å². The van der Waals surface area contributed by atoms with E-state index in [2.05, 4.69) is 62.5 Å². The normalized spacial score (nSPS) is 21.2. The highest BCUT2D eigenvalue weighted by molar-refractivity contribution is 5.98. The molecule has 1 aliphatic carbocycles. The summed E-state index contributed by atoms with van der Waals surface area (Å²) in [5.74, 6) is 1.21. The molecule has 0 aromatic heterocycles. The first kappa shape index (κ1) is 25.0. The fourth-order valence-corrected chi connectivity index (χ4v) is 5.20. The van der Waals surface area contributed by atoms with Gasteiger partial charge < -0.3 is 15.5 Å². The summed E-state index contributed by atoms with van der Waals surface area (Å²) >= 11 is 0. The summed E-state index contributed by atoms with van der Waals surface area (Å²) in [4.78, 5) is 8.40. The van der Waals surface area contributed by atoms with Crippen LogP contribution in [0.2, 0.25) is 0 Å². The van der Waals surface area contributed by atoms with E-state index in [1.54, 1.807) is 0 Å². The predicted molar refractivity (Wildman–Crippen MR) is 136 cm³/mol. The van der Waals surface area contributed by atoms with Crippen molar-refractivity contribution in [3.63, 3.8) is 0 Å². The molecule has 2 N–H and O–H groups in total. The molecule has 0 bridgehead atoms. The Bertz CT molecular complexity index is 816. The third kappa shape index (κ3) is 6.02. The van der Waals surface area contributed by atoms with Crippen LogP contribution in [0.1, 0.15) is 96.3 Å². The molecule has 1 heterocycles. The first-order chi connectivity index (χ1) is 15.1. The van der Waals surface area contributed by atoms with Gasteiger partial charge in [0.2, 0.25) is 0 Å². The molecule has 2 aliphatic rings. The molecule has 0 spiro atoms. The van der Waals surface area contributed by atoms with Gasteiger partial charge >= 0.3 is 0 Å². The monoisotopic (exact) mass is 439 g/mol. The number of hydrogen-bond donors (Lipinski definition) is 1. The molecule has 1 aliphatic heterocycles. The maximum Gasteiger partial charge on any atom is 0.131 e. The van der Waals surface area contributed by atoms with Gasteiger partial charge in [-0.05, 0) is 105 Å². The fourth-order valence-electron chi connectivity index (χ4n) is 5.20. The zero-order chi connectivity index (χ0) is 23.4. The van der Waals surface area contributed by atoms with Crippen LogP contribution in [0.3, 0.4) is 0 Å². The third-order valence-electron chi connectivity index (χ3n) is 7.79. The van der Waals surface area contributed by atoms with E-state index in [0.29, 0.717) is 5.92 Å². The SMILES string of the molecule is C=C(O/N=C(\C)c1ccc2c(c1)C(C)(C)CCC2(C)C)C1CCN(CCCCCN)CC1. The molecule has 4 heteroatoms. The second-order valence-electron chi connectivity index (χ2n) is 11.2. The number of oxime groups is 1. The number of nitrogens with zero attached hydrogens (tertiary/aromatic N) is 2. The molecule has 0 atom stereocenters. The van der Waals surface area contributed by atoms with Crippen LogP contribution >= 0.6 is 0 Å². The standard InChI is InChI=1S/C28H45N3O/c1-21(24-10-11-25-26(20-24)28(5,6)15-14-27(25,3)4)30-32-22(2)23-12-18-31(19-13-23)17-9-7-8-16-29/h10-11,20,23H,2,7-9,12-19,29H2,1,3-6H3/b30-21+. The van der Waals surface area contributed by atoms with Crippen molar-refractivity contribution in [2.45, 2.75) is 90.4 Å². The van der Waals surface area contributed by atoms with Crippen LogP contribution in [-0.4, -0.2) is 36.8 Å². The van der Waals surface area contributed by atoms with Gasteiger partial charge in [0.05, 0.1) is 5.71 Å². The third-order valence-corrected chi connectivity index (χ3v) is 7.79. The number of hydrogen-bond acceptors (Lipinski definition) is 4. The van der Waals surface area contributed by atoms with Crippen molar-refractivity contribution in [2.24, 2.45) is 16.8 Å². The van der Waals surface area contributed by atoms with E-state index < -0.39 is 0 Å². The topological polar surface area (TPSA) is 50.8 Å². The van der Waals surface area contributed by atoms with Gasteiger partial charge in [-0.25, -0.2) is 0 Å². The van der Waals surface area contributed by atoms with E-state index in [1.165, 1.54) is 43.4 Å². The van der Waals surface area contributed by atoms with Gasteiger partial charge in [-0.2, -0.15) is 0 Å². The van der Waals surface area contributed by atoms with Gasteiger partial charge in [0.15, 0.2) is 0 Å². The van der Waals surface area contributed by atoms with E-state index in [0.717, 1.165) is 55.9 Å². The first-order valence-corrected chi connectivity index (χ1v) is 12.6. The molecule has 1 aromatic carbocycles. The molecule has 1 aromatic rings. The van der Waals surface area contributed by atoms with Crippen molar-refractivity contribution < 1.29 is 4.84 Å². The number of nitrogens with two attached hydrogens (primary N) is 1. The van der Waals surface area contributed by atoms with Crippen LogP contribution in [0, 0.1) is 5.92 Å². The van der Waals surface area contributed by atoms with Crippen molar-refractivity contribution in [3.05, 3.63) is 47.2 Å². The molecule has 0 radical (unpaired) electrons. The summed E-state index contributed by atoms with van der Waals surface area (Å²) in [6.45, 7) is 19.9. The second kappa shape index (κ2) is 10.5. The lowest BCUT2D eigenvalue weighted by Crippen LogP contribution is -2.35. The number of likely N-dealkylation sites (tertiary alicyclic amines) is 1. The maximum atomic E-state index is 5.84. The van der Waals surface area contributed by atoms with Crippen LogP contribution in [0.4, 0.5) is 0 Å². The second-order valence-corrected chi connectivity index (χ2v) is 11.2. The average molecular weight is 440 g/mol. The Morgan fingerprint density at radius 1 is 1.06 bits per heavy atom. The smallest absolute Gasteiger partial charge is 0.131 e. The van der Waals surface area contributed by atoms with Crippen molar-refractivity contribution in [2.75, 3.05) is 26.2 Å². The summed E-state index contributed by atoms with van der Waals surface area (Å²) in [7, 11) is 0. The highest BCUT2D eigenvalue weighted by atomic mass is 16.6. The minimum atomic E-state index is 0.198. The highest BCUT2D eigenvalue weighted by Crippen LogP contribution is 2.45. The van der Waals surface area contributed by atoms with Crippen molar-refractivity contribution >= 4 is 5.71 Å². The van der Waals surface area contributed by atoms with E-state index in [-0.39, 0.29) is 10.8 Å². The highest BCUT2D eigenvalue weighted by Gasteiger charge is 2.37. The molecule has 1 fully saturated rings. The van der Waals surface area contributed by atoms with Crippen LogP contribution in [0.5, 0.6) is 0 Å². The van der Waals surface area contributed by atoms with E-state index in [4.69, 9.17) is 10.6 Å². The lowest BCUT2D eigenvalue weighted by atomic mass is 9.63. The minimum absolute atomic E-state index is 0.198. The Kier molecular flexibility index (Phi) is 8.21. The molecule has 32 heavy (non-hydrogen) atoms. The number of allylic oxidation sites excluding steroid dienone is 1. The van der Waals surface area contributed by atoms with Crippen LogP contribution in [0.25, 0.3) is 0 Å². The van der Waals surface area contributed by atoms with Gasteiger partial charge in [-0.15, -0.1) is 0 Å². The number of fused-ring (bicyclic) bond motifs is 1. The lowest BCUT2D eigenvalue weighted by Gasteiger charge is -2.42. The predicted octanol–water partition coefficient (Wildman–Crippen LogP) is 6.13. The van der Waals surface area contributed by atoms with Crippen molar-refractivity contribution in [1.82, 2.24) is 4.90 Å². The van der Waals surface area contributed by atoms with Crippen LogP contribution in [-0.2, 0) is 15.7 Å². The van der Waals surface area contributed by atoms with E-state index in [9.17, 15) is 0 Å². The van der Waals surface area contributed by atoms with Crippen molar-refractivity contribution in [3.8, 4) is 0 Å². The summed E-state index contributed by atoms with van der Waals surface area (Å²) in [6, 6.07) is 6.85. The van der Waals surface area contributed by atoms with Gasteiger partial charge in [0.1, 0.15) is 5.76 Å².